The van der Waals surface area contributed by atoms with Gasteiger partial charge in [0.25, 0.3) is 0 Å². The average molecular weight is 456 g/mol. The van der Waals surface area contributed by atoms with E-state index < -0.39 is 35.3 Å². The predicted molar refractivity (Wildman–Crippen MR) is 107 cm³/mol. The summed E-state index contributed by atoms with van der Waals surface area (Å²) in [5.74, 6) is -4.28. The summed E-state index contributed by atoms with van der Waals surface area (Å²) in [6.45, 7) is 3.74. The lowest BCUT2D eigenvalue weighted by Gasteiger charge is -2.16. The van der Waals surface area contributed by atoms with Crippen LogP contribution in [-0.4, -0.2) is 22.4 Å². The summed E-state index contributed by atoms with van der Waals surface area (Å²) < 4.78 is 83.3. The van der Waals surface area contributed by atoms with Crippen molar-refractivity contribution in [2.24, 2.45) is 0 Å². The molecule has 0 spiro atoms. The Morgan fingerprint density at radius 3 is 2.41 bits per heavy atom. The molecular formula is C21H18F6N4O. The van der Waals surface area contributed by atoms with Gasteiger partial charge in [0.05, 0.1) is 5.69 Å². The van der Waals surface area contributed by atoms with Crippen molar-refractivity contribution in [1.82, 2.24) is 9.97 Å². The van der Waals surface area contributed by atoms with Crippen LogP contribution in [0.25, 0.3) is 11.3 Å². The van der Waals surface area contributed by atoms with Gasteiger partial charge in [0, 0.05) is 17.7 Å². The van der Waals surface area contributed by atoms with Crippen LogP contribution in [0.3, 0.4) is 0 Å². The fourth-order valence-electron chi connectivity index (χ4n) is 2.67. The lowest BCUT2D eigenvalue weighted by Crippen LogP contribution is -2.17. The quantitative estimate of drug-likeness (QED) is 0.318. The maximum atomic E-state index is 14.1. The third kappa shape index (κ3) is 5.80. The highest BCUT2D eigenvalue weighted by atomic mass is 19.4. The third-order valence-electron chi connectivity index (χ3n) is 4.37. The summed E-state index contributed by atoms with van der Waals surface area (Å²) >= 11 is 0. The molecule has 11 heteroatoms. The molecule has 2 aromatic carbocycles. The molecule has 1 heterocycles. The second-order valence-corrected chi connectivity index (χ2v) is 6.83. The Morgan fingerprint density at radius 1 is 1.00 bits per heavy atom. The first-order valence-electron chi connectivity index (χ1n) is 9.48. The van der Waals surface area contributed by atoms with E-state index in [0.29, 0.717) is 12.5 Å². The SMILES string of the molecule is CC[C@H](C)Nc1nc(Nc2c(F)ccc(F)c2F)cc(-c2cccc(OC(F)(F)F)c2)n1. The van der Waals surface area contributed by atoms with Crippen molar-refractivity contribution in [3.63, 3.8) is 0 Å². The van der Waals surface area contributed by atoms with E-state index in [4.69, 9.17) is 0 Å². The minimum absolute atomic E-state index is 0.0544. The van der Waals surface area contributed by atoms with Gasteiger partial charge in [-0.25, -0.2) is 18.2 Å². The van der Waals surface area contributed by atoms with Crippen LogP contribution in [0.1, 0.15) is 20.3 Å². The molecule has 0 fully saturated rings. The summed E-state index contributed by atoms with van der Waals surface area (Å²) in [6.07, 6.45) is -4.19. The summed E-state index contributed by atoms with van der Waals surface area (Å²) in [5.41, 5.74) is -0.402. The Morgan fingerprint density at radius 2 is 1.72 bits per heavy atom. The largest absolute Gasteiger partial charge is 0.573 e. The fraction of sp³-hybridized carbons (Fsp3) is 0.238. The molecule has 0 saturated heterocycles. The van der Waals surface area contributed by atoms with E-state index in [1.54, 1.807) is 0 Å². The normalized spacial score (nSPS) is 12.4. The topological polar surface area (TPSA) is 59.1 Å². The lowest BCUT2D eigenvalue weighted by atomic mass is 10.1. The first-order valence-corrected chi connectivity index (χ1v) is 9.48. The molecule has 3 aromatic rings. The van der Waals surface area contributed by atoms with Gasteiger partial charge in [0.1, 0.15) is 23.1 Å². The van der Waals surface area contributed by atoms with Gasteiger partial charge in [-0.2, -0.15) is 4.98 Å². The Bertz CT molecular complexity index is 1110. The number of nitrogens with one attached hydrogen (secondary N) is 2. The summed E-state index contributed by atoms with van der Waals surface area (Å²) in [4.78, 5) is 8.41. The maximum Gasteiger partial charge on any atom is 0.573 e. The minimum atomic E-state index is -4.88. The second kappa shape index (κ2) is 9.33. The molecule has 0 radical (unpaired) electrons. The summed E-state index contributed by atoms with van der Waals surface area (Å²) in [5, 5.41) is 5.37. The fourth-order valence-corrected chi connectivity index (χ4v) is 2.67. The zero-order chi connectivity index (χ0) is 23.5. The molecule has 170 valence electrons. The first-order chi connectivity index (χ1) is 15.1. The van der Waals surface area contributed by atoms with Crippen LogP contribution in [0.4, 0.5) is 43.8 Å². The van der Waals surface area contributed by atoms with Gasteiger partial charge in [-0.1, -0.05) is 19.1 Å². The van der Waals surface area contributed by atoms with Crippen molar-refractivity contribution in [2.45, 2.75) is 32.7 Å². The van der Waals surface area contributed by atoms with Gasteiger partial charge in [-0.05, 0) is 37.6 Å². The van der Waals surface area contributed by atoms with E-state index in [1.165, 1.54) is 18.2 Å². The number of benzene rings is 2. The van der Waals surface area contributed by atoms with E-state index in [0.717, 1.165) is 18.2 Å². The molecule has 2 N–H and O–H groups in total. The molecule has 3 rings (SSSR count). The molecule has 1 atom stereocenters. The number of nitrogens with zero attached hydrogens (tertiary/aromatic N) is 2. The van der Waals surface area contributed by atoms with Gasteiger partial charge >= 0.3 is 6.36 Å². The van der Waals surface area contributed by atoms with E-state index in [2.05, 4.69) is 25.3 Å². The maximum absolute atomic E-state index is 14.1. The molecule has 1 aromatic heterocycles. The number of ether oxygens (including phenoxy) is 1. The van der Waals surface area contributed by atoms with Crippen LogP contribution in [-0.2, 0) is 0 Å². The number of hydrogen-bond donors (Lipinski definition) is 2. The van der Waals surface area contributed by atoms with Crippen LogP contribution in [0.2, 0.25) is 0 Å². The smallest absolute Gasteiger partial charge is 0.406 e. The first kappa shape index (κ1) is 23.2. The number of hydrogen-bond acceptors (Lipinski definition) is 5. The molecule has 32 heavy (non-hydrogen) atoms. The van der Waals surface area contributed by atoms with Crippen LogP contribution >= 0.6 is 0 Å². The highest BCUT2D eigenvalue weighted by Crippen LogP contribution is 2.30. The number of halogens is 6. The molecule has 0 aliphatic rings. The van der Waals surface area contributed by atoms with Crippen molar-refractivity contribution in [2.75, 3.05) is 10.6 Å². The monoisotopic (exact) mass is 456 g/mol. The van der Waals surface area contributed by atoms with Crippen LogP contribution in [0.5, 0.6) is 5.75 Å². The van der Waals surface area contributed by atoms with Gasteiger partial charge in [0.2, 0.25) is 5.95 Å². The summed E-state index contributed by atoms with van der Waals surface area (Å²) in [6, 6.07) is 7.61. The van der Waals surface area contributed by atoms with Crippen molar-refractivity contribution in [3.8, 4) is 17.0 Å². The minimum Gasteiger partial charge on any atom is -0.406 e. The van der Waals surface area contributed by atoms with Gasteiger partial charge < -0.3 is 15.4 Å². The zero-order valence-corrected chi connectivity index (χ0v) is 16.9. The molecule has 0 aliphatic carbocycles. The summed E-state index contributed by atoms with van der Waals surface area (Å²) in [7, 11) is 0. The number of aromatic nitrogens is 2. The standard InChI is InChI=1S/C21H18F6N4O/c1-3-11(2)28-20-29-16(12-5-4-6-13(9-12)32-21(25,26)27)10-17(31-20)30-19-15(23)8-7-14(22)18(19)24/h4-11H,3H2,1-2H3,(H2,28,29,30,31)/t11-/m0/s1. The van der Waals surface area contributed by atoms with Crippen LogP contribution < -0.4 is 15.4 Å². The molecule has 0 aliphatic heterocycles. The Balaban J connectivity index is 2.05. The van der Waals surface area contributed by atoms with Crippen LogP contribution in [0, 0.1) is 17.5 Å². The van der Waals surface area contributed by atoms with Crippen molar-refractivity contribution >= 4 is 17.5 Å². The average Bonchev–Trinajstić information content (AvgIpc) is 2.72. The Labute approximate surface area is 179 Å². The third-order valence-corrected chi connectivity index (χ3v) is 4.37. The molecule has 5 nitrogen and oxygen atoms in total. The molecular weight excluding hydrogens is 438 g/mol. The van der Waals surface area contributed by atoms with Crippen molar-refractivity contribution in [3.05, 3.63) is 59.9 Å². The molecule has 0 unspecified atom stereocenters. The molecule has 0 amide bonds. The van der Waals surface area contributed by atoms with Crippen molar-refractivity contribution < 1.29 is 31.1 Å². The molecule has 0 bridgehead atoms. The highest BCUT2D eigenvalue weighted by Gasteiger charge is 2.31. The van der Waals surface area contributed by atoms with Crippen molar-refractivity contribution in [1.29, 1.82) is 0 Å². The van der Waals surface area contributed by atoms with E-state index >= 15 is 0 Å². The lowest BCUT2D eigenvalue weighted by molar-refractivity contribution is -0.274. The van der Waals surface area contributed by atoms with Gasteiger partial charge in [-0.15, -0.1) is 13.2 Å². The van der Waals surface area contributed by atoms with E-state index in [-0.39, 0.29) is 29.1 Å². The zero-order valence-electron chi connectivity index (χ0n) is 16.9. The van der Waals surface area contributed by atoms with Crippen LogP contribution in [0.15, 0.2) is 42.5 Å². The van der Waals surface area contributed by atoms with Gasteiger partial charge in [-0.3, -0.25) is 0 Å². The highest BCUT2D eigenvalue weighted by molar-refractivity contribution is 5.68. The van der Waals surface area contributed by atoms with Gasteiger partial charge in [0.15, 0.2) is 11.6 Å². The predicted octanol–water partition coefficient (Wildman–Crippen LogP) is 6.41. The Hall–Kier alpha value is -3.50. The molecule has 0 saturated carbocycles. The number of rotatable bonds is 7. The van der Waals surface area contributed by atoms with E-state index in [1.807, 2.05) is 13.8 Å². The second-order valence-electron chi connectivity index (χ2n) is 6.83. The number of anilines is 3. The van der Waals surface area contributed by atoms with E-state index in [9.17, 15) is 26.3 Å². The Kier molecular flexibility index (Phi) is 6.75. The number of alkyl halides is 3.